The van der Waals surface area contributed by atoms with Crippen LogP contribution < -0.4 is 0 Å². The number of hydrogen-bond acceptors (Lipinski definition) is 2. The molecule has 0 aliphatic carbocycles. The Morgan fingerprint density at radius 2 is 0.838 bits per heavy atom. The predicted molar refractivity (Wildman–Crippen MR) is 167 cm³/mol. The van der Waals surface area contributed by atoms with Crippen LogP contribution in [0.3, 0.4) is 0 Å². The van der Waals surface area contributed by atoms with Crippen molar-refractivity contribution in [2.45, 2.75) is 117 Å². The monoisotopic (exact) mass is 632 g/mol. The Hall–Kier alpha value is -0.698. The van der Waals surface area contributed by atoms with Gasteiger partial charge < -0.3 is 0 Å². The van der Waals surface area contributed by atoms with Gasteiger partial charge in [0, 0.05) is 57.0 Å². The molecule has 0 aromatic carbocycles. The van der Waals surface area contributed by atoms with E-state index in [0.29, 0.717) is 20.6 Å². The van der Waals surface area contributed by atoms with Gasteiger partial charge in [-0.3, -0.25) is 9.97 Å². The van der Waals surface area contributed by atoms with Crippen molar-refractivity contribution >= 4 is 15.8 Å². The Kier molecular flexibility index (Phi) is 15.5. The minimum absolute atomic E-state index is 0. The van der Waals surface area contributed by atoms with Crippen molar-refractivity contribution < 1.29 is 20.4 Å². The van der Waals surface area contributed by atoms with E-state index in [9.17, 15) is 0 Å². The van der Waals surface area contributed by atoms with Crippen molar-refractivity contribution in [1.29, 1.82) is 0 Å². The molecule has 0 bridgehead atoms. The molecule has 0 atom stereocenters. The van der Waals surface area contributed by atoms with E-state index in [2.05, 4.69) is 129 Å². The van der Waals surface area contributed by atoms with Gasteiger partial charge >= 0.3 is 0 Å². The van der Waals surface area contributed by atoms with E-state index >= 15 is 0 Å². The summed E-state index contributed by atoms with van der Waals surface area (Å²) in [5, 5.41) is 1.42. The Morgan fingerprint density at radius 3 is 1.05 bits per heavy atom. The first-order chi connectivity index (χ1) is 16.4. The summed E-state index contributed by atoms with van der Waals surface area (Å²) in [5.41, 5.74) is 2.29. The number of hydrogen-bond donors (Lipinski definition) is 0. The Balaban J connectivity index is 0.000000682. The molecule has 0 saturated heterocycles. The van der Waals surface area contributed by atoms with Gasteiger partial charge in [0.1, 0.15) is 0 Å². The molecule has 0 saturated carbocycles. The second kappa shape index (κ2) is 15.8. The number of aromatic nitrogens is 2. The van der Waals surface area contributed by atoms with Gasteiger partial charge in [-0.1, -0.05) is 135 Å². The van der Waals surface area contributed by atoms with E-state index in [0.717, 1.165) is 24.2 Å². The van der Waals surface area contributed by atoms with E-state index in [1.165, 1.54) is 0 Å². The third-order valence-electron chi connectivity index (χ3n) is 5.51. The molecule has 2 nitrogen and oxygen atoms in total. The summed E-state index contributed by atoms with van der Waals surface area (Å²) in [6.45, 7) is 28.1. The molecule has 2 aromatic rings. The number of allylic oxidation sites excluding steroid dienone is 2. The third-order valence-corrected chi connectivity index (χ3v) is 12.3. The normalized spacial score (nSPS) is 13.1. The first-order valence-electron chi connectivity index (χ1n) is 13.1. The summed E-state index contributed by atoms with van der Waals surface area (Å²) in [4.78, 5) is 8.71. The summed E-state index contributed by atoms with van der Waals surface area (Å²) in [6.07, 6.45) is 10.2. The Morgan fingerprint density at radius 1 is 0.541 bits per heavy atom. The van der Waals surface area contributed by atoms with Crippen LogP contribution in [0, 0.1) is 0 Å². The summed E-state index contributed by atoms with van der Waals surface area (Å²) in [7, 11) is -0.295. The molecular formula is C32H52N2P2Pd. The Bertz CT molecular complexity index is 822. The van der Waals surface area contributed by atoms with E-state index in [1.54, 1.807) is 0 Å². The molecule has 0 amide bonds. The molecule has 210 valence electrons. The van der Waals surface area contributed by atoms with Crippen molar-refractivity contribution in [2.75, 3.05) is 0 Å². The molecule has 2 aromatic heterocycles. The molecule has 0 aliphatic rings. The van der Waals surface area contributed by atoms with E-state index in [1.807, 2.05) is 36.7 Å². The van der Waals surface area contributed by atoms with Crippen molar-refractivity contribution in [3.8, 4) is 0 Å². The van der Waals surface area contributed by atoms with Crippen molar-refractivity contribution in [1.82, 2.24) is 9.97 Å². The van der Waals surface area contributed by atoms with Crippen LogP contribution in [0.5, 0.6) is 0 Å². The van der Waals surface area contributed by atoms with E-state index < -0.39 is 0 Å². The molecule has 37 heavy (non-hydrogen) atoms. The van der Waals surface area contributed by atoms with Crippen LogP contribution in [0.1, 0.15) is 94.5 Å². The molecule has 2 heterocycles. The second-order valence-corrected chi connectivity index (χ2v) is 20.7. The fourth-order valence-electron chi connectivity index (χ4n) is 4.50. The molecule has 2 rings (SSSR count). The van der Waals surface area contributed by atoms with Crippen LogP contribution in [-0.2, 0) is 33.3 Å². The minimum atomic E-state index is -0.147. The number of rotatable bonds is 6. The van der Waals surface area contributed by atoms with Crippen LogP contribution in [0.2, 0.25) is 0 Å². The van der Waals surface area contributed by atoms with Gasteiger partial charge in [-0.25, -0.2) is 0 Å². The maximum Gasteiger partial charge on any atom is 0.0441 e. The van der Waals surface area contributed by atoms with Crippen LogP contribution >= 0.6 is 15.8 Å². The topological polar surface area (TPSA) is 25.8 Å². The van der Waals surface area contributed by atoms with Gasteiger partial charge in [0.05, 0.1) is 0 Å². The van der Waals surface area contributed by atoms with E-state index in [4.69, 9.17) is 0 Å². The third kappa shape index (κ3) is 14.9. The molecule has 0 spiro atoms. The smallest absolute Gasteiger partial charge is 0.0441 e. The second-order valence-electron chi connectivity index (χ2n) is 13.2. The number of pyridine rings is 2. The van der Waals surface area contributed by atoms with Gasteiger partial charge in [-0.05, 0) is 44.9 Å². The zero-order valence-corrected chi connectivity index (χ0v) is 28.8. The zero-order chi connectivity index (χ0) is 27.6. The SMILES string of the molecule is CC(C)(C)P(C=CCc1ccccn1)C(C)(C)C.CC(C)(C)P(C=CCc1ccccn1)C(C)(C)C.[Pd]. The van der Waals surface area contributed by atoms with Gasteiger partial charge in [0.25, 0.3) is 0 Å². The fraction of sp³-hybridized carbons (Fsp3) is 0.562. The Labute approximate surface area is 245 Å². The van der Waals surface area contributed by atoms with Gasteiger partial charge in [-0.15, -0.1) is 0 Å². The summed E-state index contributed by atoms with van der Waals surface area (Å²) >= 11 is 0. The summed E-state index contributed by atoms with van der Waals surface area (Å²) in [5.74, 6) is 4.87. The van der Waals surface area contributed by atoms with Crippen LogP contribution in [0.25, 0.3) is 0 Å². The molecule has 0 fully saturated rings. The maximum absolute atomic E-state index is 4.36. The summed E-state index contributed by atoms with van der Waals surface area (Å²) in [6, 6.07) is 12.2. The zero-order valence-electron chi connectivity index (χ0n) is 25.4. The average Bonchev–Trinajstić information content (AvgIpc) is 2.73. The maximum atomic E-state index is 4.36. The number of nitrogens with zero attached hydrogens (tertiary/aromatic N) is 2. The molecular weight excluding hydrogens is 581 g/mol. The quantitative estimate of drug-likeness (QED) is 0.234. The molecule has 0 aliphatic heterocycles. The molecule has 0 unspecified atom stereocenters. The predicted octanol–water partition coefficient (Wildman–Crippen LogP) is 10.4. The van der Waals surface area contributed by atoms with Crippen LogP contribution in [0.4, 0.5) is 0 Å². The first-order valence-corrected chi connectivity index (χ1v) is 16.0. The van der Waals surface area contributed by atoms with Crippen molar-refractivity contribution in [3.63, 3.8) is 0 Å². The van der Waals surface area contributed by atoms with Crippen molar-refractivity contribution in [2.24, 2.45) is 0 Å². The van der Waals surface area contributed by atoms with Crippen LogP contribution in [0.15, 0.2) is 72.6 Å². The molecule has 5 heteroatoms. The molecule has 0 radical (unpaired) electrons. The van der Waals surface area contributed by atoms with Crippen LogP contribution in [-0.4, -0.2) is 30.6 Å². The standard InChI is InChI=1S/2C16H26NP.Pd/c2*1-15(2,3)18(16(4,5)6)13-9-11-14-10-7-8-12-17-14;/h2*7-10,12-13H,11H2,1-6H3;. The van der Waals surface area contributed by atoms with Gasteiger partial charge in [0.2, 0.25) is 0 Å². The van der Waals surface area contributed by atoms with Gasteiger partial charge in [-0.2, -0.15) is 0 Å². The van der Waals surface area contributed by atoms with Gasteiger partial charge in [0.15, 0.2) is 0 Å². The molecule has 0 N–H and O–H groups in total. The average molecular weight is 633 g/mol. The largest absolute Gasteiger partial charge is 0.261 e. The van der Waals surface area contributed by atoms with E-state index in [-0.39, 0.29) is 36.3 Å². The summed E-state index contributed by atoms with van der Waals surface area (Å²) < 4.78 is 0. The fourth-order valence-corrected chi connectivity index (χ4v) is 10.9. The van der Waals surface area contributed by atoms with Crippen molar-refractivity contribution in [3.05, 3.63) is 84.0 Å². The first kappa shape index (κ1) is 36.3. The minimum Gasteiger partial charge on any atom is -0.261 e.